The van der Waals surface area contributed by atoms with Gasteiger partial charge in [-0.1, -0.05) is 18.2 Å². The Bertz CT molecular complexity index is 767. The minimum atomic E-state index is 0.469. The van der Waals surface area contributed by atoms with Crippen LogP contribution >= 0.6 is 22.6 Å². The summed E-state index contributed by atoms with van der Waals surface area (Å²) < 4.78 is 8.70. The molecule has 0 amide bonds. The summed E-state index contributed by atoms with van der Waals surface area (Å²) in [6.07, 6.45) is 0. The van der Waals surface area contributed by atoms with Crippen molar-refractivity contribution in [1.29, 1.82) is 0 Å². The Morgan fingerprint density at radius 1 is 1.20 bits per heavy atom. The van der Waals surface area contributed by atoms with Gasteiger partial charge in [0.15, 0.2) is 0 Å². The number of halogens is 1. The van der Waals surface area contributed by atoms with Crippen LogP contribution < -0.4 is 10.5 Å². The fourth-order valence-corrected chi connectivity index (χ4v) is 2.88. The molecule has 0 saturated carbocycles. The predicted molar refractivity (Wildman–Crippen MR) is 89.4 cm³/mol. The molecule has 4 nitrogen and oxygen atoms in total. The highest BCUT2D eigenvalue weighted by molar-refractivity contribution is 14.1. The second kappa shape index (κ2) is 5.32. The van der Waals surface area contributed by atoms with Gasteiger partial charge in [0.05, 0.1) is 17.8 Å². The predicted octanol–water partition coefficient (Wildman–Crippen LogP) is 3.61. The van der Waals surface area contributed by atoms with E-state index in [-0.39, 0.29) is 0 Å². The number of aromatic nitrogens is 2. The lowest BCUT2D eigenvalue weighted by Gasteiger charge is -2.09. The molecule has 0 unspecified atom stereocenters. The van der Waals surface area contributed by atoms with E-state index in [9.17, 15) is 0 Å². The van der Waals surface area contributed by atoms with Crippen molar-refractivity contribution in [2.24, 2.45) is 0 Å². The number of nitrogens with two attached hydrogens (primary N) is 1. The molecule has 102 valence electrons. The van der Waals surface area contributed by atoms with Crippen LogP contribution in [-0.2, 0) is 0 Å². The van der Waals surface area contributed by atoms with Gasteiger partial charge in [0.1, 0.15) is 11.3 Å². The smallest absolute Gasteiger partial charge is 0.206 e. The SMILES string of the molecule is CCOc1cccc2c1nc(N)n2-c1ccccc1I. The first kappa shape index (κ1) is 13.2. The van der Waals surface area contributed by atoms with Crippen LogP contribution in [0.15, 0.2) is 42.5 Å². The minimum Gasteiger partial charge on any atom is -0.492 e. The molecule has 3 aromatic rings. The van der Waals surface area contributed by atoms with Gasteiger partial charge in [-0.25, -0.2) is 4.98 Å². The van der Waals surface area contributed by atoms with E-state index in [0.29, 0.717) is 12.6 Å². The highest BCUT2D eigenvalue weighted by atomic mass is 127. The van der Waals surface area contributed by atoms with Crippen molar-refractivity contribution < 1.29 is 4.74 Å². The zero-order valence-corrected chi connectivity index (χ0v) is 13.2. The second-order valence-corrected chi connectivity index (χ2v) is 5.48. The summed E-state index contributed by atoms with van der Waals surface area (Å²) in [6, 6.07) is 14.0. The lowest BCUT2D eigenvalue weighted by molar-refractivity contribution is 0.344. The summed E-state index contributed by atoms with van der Waals surface area (Å²) in [7, 11) is 0. The van der Waals surface area contributed by atoms with Gasteiger partial charge < -0.3 is 10.5 Å². The van der Waals surface area contributed by atoms with Gasteiger partial charge in [0, 0.05) is 3.57 Å². The van der Waals surface area contributed by atoms with Crippen molar-refractivity contribution in [2.75, 3.05) is 12.3 Å². The van der Waals surface area contributed by atoms with Crippen LogP contribution in [0.3, 0.4) is 0 Å². The number of ether oxygens (including phenoxy) is 1. The van der Waals surface area contributed by atoms with Gasteiger partial charge in [-0.05, 0) is 53.8 Å². The molecule has 20 heavy (non-hydrogen) atoms. The van der Waals surface area contributed by atoms with Gasteiger partial charge >= 0.3 is 0 Å². The molecule has 0 spiro atoms. The van der Waals surface area contributed by atoms with Gasteiger partial charge in [-0.3, -0.25) is 4.57 Å². The highest BCUT2D eigenvalue weighted by Gasteiger charge is 2.14. The van der Waals surface area contributed by atoms with E-state index in [1.54, 1.807) is 0 Å². The number of nitrogens with zero attached hydrogens (tertiary/aromatic N) is 2. The normalized spacial score (nSPS) is 10.9. The molecule has 1 aromatic heterocycles. The van der Waals surface area contributed by atoms with Crippen LogP contribution in [0, 0.1) is 3.57 Å². The maximum absolute atomic E-state index is 6.11. The summed E-state index contributed by atoms with van der Waals surface area (Å²) >= 11 is 2.30. The Hall–Kier alpha value is -1.76. The van der Waals surface area contributed by atoms with Gasteiger partial charge in [0.2, 0.25) is 5.95 Å². The lowest BCUT2D eigenvalue weighted by Crippen LogP contribution is -2.02. The average molecular weight is 379 g/mol. The third-order valence-electron chi connectivity index (χ3n) is 3.07. The molecule has 5 heteroatoms. The summed E-state index contributed by atoms with van der Waals surface area (Å²) in [5.41, 5.74) is 8.90. The topological polar surface area (TPSA) is 53.1 Å². The van der Waals surface area contributed by atoms with E-state index in [1.165, 1.54) is 0 Å². The van der Waals surface area contributed by atoms with Crippen LogP contribution in [0.25, 0.3) is 16.7 Å². The van der Waals surface area contributed by atoms with Crippen LogP contribution in [0.4, 0.5) is 5.95 Å². The largest absolute Gasteiger partial charge is 0.492 e. The number of nitrogen functional groups attached to an aromatic ring is 1. The summed E-state index contributed by atoms with van der Waals surface area (Å²) in [5, 5.41) is 0. The standard InChI is InChI=1S/C15H14IN3O/c1-2-20-13-9-5-8-12-14(13)18-15(17)19(12)11-7-4-3-6-10(11)16/h3-9H,2H2,1H3,(H2,17,18). The first-order valence-electron chi connectivity index (χ1n) is 6.37. The molecule has 0 bridgehead atoms. The molecule has 2 N–H and O–H groups in total. The average Bonchev–Trinajstić information content (AvgIpc) is 2.77. The van der Waals surface area contributed by atoms with Crippen molar-refractivity contribution in [3.05, 3.63) is 46.0 Å². The van der Waals surface area contributed by atoms with E-state index in [0.717, 1.165) is 26.0 Å². The number of rotatable bonds is 3. The molecule has 0 atom stereocenters. The third-order valence-corrected chi connectivity index (χ3v) is 3.98. The van der Waals surface area contributed by atoms with Crippen molar-refractivity contribution in [3.63, 3.8) is 0 Å². The molecular weight excluding hydrogens is 365 g/mol. The number of benzene rings is 2. The number of anilines is 1. The first-order chi connectivity index (χ1) is 9.72. The van der Waals surface area contributed by atoms with Crippen LogP contribution in [-0.4, -0.2) is 16.2 Å². The Kier molecular flexibility index (Phi) is 3.52. The maximum atomic E-state index is 6.11. The molecule has 0 fully saturated rings. The van der Waals surface area contributed by atoms with Crippen molar-refractivity contribution in [3.8, 4) is 11.4 Å². The van der Waals surface area contributed by atoms with Gasteiger partial charge in [-0.2, -0.15) is 0 Å². The van der Waals surface area contributed by atoms with Crippen molar-refractivity contribution in [2.45, 2.75) is 6.92 Å². The van der Waals surface area contributed by atoms with Crippen LogP contribution in [0.1, 0.15) is 6.92 Å². The molecular formula is C15H14IN3O. The summed E-state index contributed by atoms with van der Waals surface area (Å²) in [6.45, 7) is 2.56. The number of hydrogen-bond acceptors (Lipinski definition) is 3. The zero-order chi connectivity index (χ0) is 14.1. The lowest BCUT2D eigenvalue weighted by atomic mass is 10.2. The zero-order valence-electron chi connectivity index (χ0n) is 11.0. The minimum absolute atomic E-state index is 0.469. The summed E-state index contributed by atoms with van der Waals surface area (Å²) in [4.78, 5) is 4.46. The molecule has 0 radical (unpaired) electrons. The van der Waals surface area contributed by atoms with Gasteiger partial charge in [0.25, 0.3) is 0 Å². The van der Waals surface area contributed by atoms with E-state index in [4.69, 9.17) is 10.5 Å². The number of fused-ring (bicyclic) bond motifs is 1. The number of hydrogen-bond donors (Lipinski definition) is 1. The van der Waals surface area contributed by atoms with E-state index in [2.05, 4.69) is 27.6 Å². The highest BCUT2D eigenvalue weighted by Crippen LogP contribution is 2.31. The van der Waals surface area contributed by atoms with Crippen molar-refractivity contribution in [1.82, 2.24) is 9.55 Å². The molecule has 2 aromatic carbocycles. The molecule has 1 heterocycles. The van der Waals surface area contributed by atoms with Crippen LogP contribution in [0.2, 0.25) is 0 Å². The van der Waals surface area contributed by atoms with Crippen molar-refractivity contribution >= 4 is 39.6 Å². The van der Waals surface area contributed by atoms with E-state index >= 15 is 0 Å². The molecule has 0 aliphatic carbocycles. The fourth-order valence-electron chi connectivity index (χ4n) is 2.25. The second-order valence-electron chi connectivity index (χ2n) is 4.31. The Labute approximate surface area is 130 Å². The van der Waals surface area contributed by atoms with Gasteiger partial charge in [-0.15, -0.1) is 0 Å². The Morgan fingerprint density at radius 2 is 2.00 bits per heavy atom. The third kappa shape index (κ3) is 2.11. The van der Waals surface area contributed by atoms with Crippen LogP contribution in [0.5, 0.6) is 5.75 Å². The molecule has 0 saturated heterocycles. The monoisotopic (exact) mass is 379 g/mol. The molecule has 0 aliphatic heterocycles. The maximum Gasteiger partial charge on any atom is 0.206 e. The number of para-hydroxylation sites is 2. The Morgan fingerprint density at radius 3 is 2.75 bits per heavy atom. The first-order valence-corrected chi connectivity index (χ1v) is 7.45. The van der Waals surface area contributed by atoms with E-state index in [1.807, 2.05) is 54.0 Å². The summed E-state index contributed by atoms with van der Waals surface area (Å²) in [5.74, 6) is 1.23. The Balaban J connectivity index is 2.30. The fraction of sp³-hybridized carbons (Fsp3) is 0.133. The van der Waals surface area contributed by atoms with E-state index < -0.39 is 0 Å². The quantitative estimate of drug-likeness (QED) is 0.708. The number of imidazole rings is 1. The molecule has 0 aliphatic rings. The molecule has 3 rings (SSSR count).